The summed E-state index contributed by atoms with van der Waals surface area (Å²) in [5, 5.41) is 3.60. The first kappa shape index (κ1) is 16.2. The third-order valence-electron chi connectivity index (χ3n) is 3.37. The van der Waals surface area contributed by atoms with E-state index in [1.54, 1.807) is 0 Å². The lowest BCUT2D eigenvalue weighted by Gasteiger charge is -2.17. The Bertz CT molecular complexity index is 374. The lowest BCUT2D eigenvalue weighted by Crippen LogP contribution is -2.21. The molecule has 0 aliphatic carbocycles. The fourth-order valence-corrected chi connectivity index (χ4v) is 2.20. The highest BCUT2D eigenvalue weighted by atomic mass is 16.5. The van der Waals surface area contributed by atoms with Crippen molar-refractivity contribution in [3.05, 3.63) is 34.9 Å². The van der Waals surface area contributed by atoms with Crippen LogP contribution >= 0.6 is 0 Å². The highest BCUT2D eigenvalue weighted by Gasteiger charge is 2.07. The number of hydrogen-bond donors (Lipinski definition) is 1. The molecule has 0 fully saturated rings. The molecular weight excluding hydrogens is 234 g/mol. The molecule has 0 bridgehead atoms. The lowest BCUT2D eigenvalue weighted by atomic mass is 10.00. The SMILES string of the molecule is Cc1ccc(C)c(C(C)NCCCCOC(C)C)c1. The van der Waals surface area contributed by atoms with Gasteiger partial charge in [-0.2, -0.15) is 0 Å². The van der Waals surface area contributed by atoms with Gasteiger partial charge in [0.15, 0.2) is 0 Å². The number of aryl methyl sites for hydroxylation is 2. The Morgan fingerprint density at radius 3 is 2.53 bits per heavy atom. The second-order valence-corrected chi connectivity index (χ2v) is 5.66. The second-order valence-electron chi connectivity index (χ2n) is 5.66. The van der Waals surface area contributed by atoms with Gasteiger partial charge in [-0.15, -0.1) is 0 Å². The molecule has 0 amide bonds. The van der Waals surface area contributed by atoms with Gasteiger partial charge in [-0.05, 0) is 65.1 Å². The molecule has 1 aromatic rings. The van der Waals surface area contributed by atoms with Gasteiger partial charge in [-0.25, -0.2) is 0 Å². The van der Waals surface area contributed by atoms with E-state index in [1.807, 2.05) is 0 Å². The Balaban J connectivity index is 2.27. The predicted molar refractivity (Wildman–Crippen MR) is 82.7 cm³/mol. The van der Waals surface area contributed by atoms with E-state index < -0.39 is 0 Å². The summed E-state index contributed by atoms with van der Waals surface area (Å²) in [6.45, 7) is 12.7. The van der Waals surface area contributed by atoms with Gasteiger partial charge in [0.1, 0.15) is 0 Å². The maximum atomic E-state index is 5.54. The summed E-state index contributed by atoms with van der Waals surface area (Å²) in [6, 6.07) is 7.09. The molecule has 1 unspecified atom stereocenters. The predicted octanol–water partition coefficient (Wildman–Crippen LogP) is 4.16. The topological polar surface area (TPSA) is 21.3 Å². The van der Waals surface area contributed by atoms with E-state index in [2.05, 4.69) is 58.1 Å². The van der Waals surface area contributed by atoms with Gasteiger partial charge in [0.05, 0.1) is 6.10 Å². The number of benzene rings is 1. The van der Waals surface area contributed by atoms with Gasteiger partial charge in [-0.1, -0.05) is 23.8 Å². The average molecular weight is 263 g/mol. The normalized spacial score (nSPS) is 12.9. The Hall–Kier alpha value is -0.860. The molecule has 0 spiro atoms. The third-order valence-corrected chi connectivity index (χ3v) is 3.37. The third kappa shape index (κ3) is 6.22. The van der Waals surface area contributed by atoms with Gasteiger partial charge in [0.25, 0.3) is 0 Å². The molecule has 0 heterocycles. The molecule has 0 radical (unpaired) electrons. The highest BCUT2D eigenvalue weighted by molar-refractivity contribution is 5.32. The van der Waals surface area contributed by atoms with Gasteiger partial charge in [0.2, 0.25) is 0 Å². The van der Waals surface area contributed by atoms with E-state index in [1.165, 1.54) is 23.1 Å². The molecule has 0 saturated carbocycles. The molecule has 2 heteroatoms. The van der Waals surface area contributed by atoms with Crippen LogP contribution < -0.4 is 5.32 Å². The quantitative estimate of drug-likeness (QED) is 0.711. The van der Waals surface area contributed by atoms with Crippen molar-refractivity contribution in [3.8, 4) is 0 Å². The Labute approximate surface area is 118 Å². The van der Waals surface area contributed by atoms with Crippen LogP contribution in [0.15, 0.2) is 18.2 Å². The van der Waals surface area contributed by atoms with Crippen LogP contribution in [0.1, 0.15) is 56.3 Å². The average Bonchev–Trinajstić information content (AvgIpc) is 2.36. The van der Waals surface area contributed by atoms with Crippen molar-refractivity contribution >= 4 is 0 Å². The van der Waals surface area contributed by atoms with Crippen LogP contribution in [0.2, 0.25) is 0 Å². The summed E-state index contributed by atoms with van der Waals surface area (Å²) >= 11 is 0. The number of ether oxygens (including phenoxy) is 1. The van der Waals surface area contributed by atoms with Crippen molar-refractivity contribution in [3.63, 3.8) is 0 Å². The van der Waals surface area contributed by atoms with Crippen molar-refractivity contribution in [2.24, 2.45) is 0 Å². The van der Waals surface area contributed by atoms with E-state index in [0.29, 0.717) is 12.1 Å². The van der Waals surface area contributed by atoms with Crippen LogP contribution in [0.25, 0.3) is 0 Å². The van der Waals surface area contributed by atoms with Gasteiger partial charge in [0, 0.05) is 12.6 Å². The zero-order valence-electron chi connectivity index (χ0n) is 13.1. The van der Waals surface area contributed by atoms with Crippen molar-refractivity contribution in [2.45, 2.75) is 59.6 Å². The number of nitrogens with one attached hydrogen (secondary N) is 1. The van der Waals surface area contributed by atoms with Crippen molar-refractivity contribution in [1.29, 1.82) is 0 Å². The van der Waals surface area contributed by atoms with Crippen LogP contribution in [0.4, 0.5) is 0 Å². The summed E-state index contributed by atoms with van der Waals surface area (Å²) in [7, 11) is 0. The molecular formula is C17H29NO. The van der Waals surface area contributed by atoms with Crippen molar-refractivity contribution < 1.29 is 4.74 Å². The highest BCUT2D eigenvalue weighted by Crippen LogP contribution is 2.18. The fourth-order valence-electron chi connectivity index (χ4n) is 2.20. The molecule has 1 rings (SSSR count). The maximum Gasteiger partial charge on any atom is 0.0518 e. The van der Waals surface area contributed by atoms with Crippen molar-refractivity contribution in [2.75, 3.05) is 13.2 Å². The summed E-state index contributed by atoms with van der Waals surface area (Å²) < 4.78 is 5.54. The van der Waals surface area contributed by atoms with Gasteiger partial charge < -0.3 is 10.1 Å². The molecule has 1 atom stereocenters. The first-order chi connectivity index (χ1) is 9.00. The minimum Gasteiger partial charge on any atom is -0.379 e. The zero-order valence-corrected chi connectivity index (χ0v) is 13.1. The molecule has 19 heavy (non-hydrogen) atoms. The van der Waals surface area contributed by atoms with Crippen LogP contribution in [0.5, 0.6) is 0 Å². The molecule has 0 aliphatic rings. The maximum absolute atomic E-state index is 5.54. The van der Waals surface area contributed by atoms with E-state index in [-0.39, 0.29) is 0 Å². The first-order valence-electron chi connectivity index (χ1n) is 7.43. The molecule has 0 saturated heterocycles. The van der Waals surface area contributed by atoms with Crippen molar-refractivity contribution in [1.82, 2.24) is 5.32 Å². The smallest absolute Gasteiger partial charge is 0.0518 e. The first-order valence-corrected chi connectivity index (χ1v) is 7.43. The van der Waals surface area contributed by atoms with Crippen LogP contribution in [0.3, 0.4) is 0 Å². The van der Waals surface area contributed by atoms with E-state index in [4.69, 9.17) is 4.74 Å². The molecule has 1 aromatic carbocycles. The summed E-state index contributed by atoms with van der Waals surface area (Å²) in [5.74, 6) is 0. The number of hydrogen-bond acceptors (Lipinski definition) is 2. The monoisotopic (exact) mass is 263 g/mol. The minimum atomic E-state index is 0.349. The van der Waals surface area contributed by atoms with Gasteiger partial charge in [-0.3, -0.25) is 0 Å². The van der Waals surface area contributed by atoms with Crippen LogP contribution in [-0.2, 0) is 4.74 Å². The summed E-state index contributed by atoms with van der Waals surface area (Å²) in [5.41, 5.74) is 4.12. The summed E-state index contributed by atoms with van der Waals surface area (Å²) in [4.78, 5) is 0. The van der Waals surface area contributed by atoms with Crippen LogP contribution in [-0.4, -0.2) is 19.3 Å². The van der Waals surface area contributed by atoms with E-state index in [9.17, 15) is 0 Å². The summed E-state index contributed by atoms with van der Waals surface area (Å²) in [6.07, 6.45) is 2.65. The number of unbranched alkanes of at least 4 members (excludes halogenated alkanes) is 1. The Kier molecular flexibility index (Phi) is 7.11. The molecule has 2 nitrogen and oxygen atoms in total. The fraction of sp³-hybridized carbons (Fsp3) is 0.647. The van der Waals surface area contributed by atoms with Gasteiger partial charge >= 0.3 is 0 Å². The number of rotatable bonds is 8. The van der Waals surface area contributed by atoms with E-state index in [0.717, 1.165) is 19.6 Å². The zero-order chi connectivity index (χ0) is 14.3. The Morgan fingerprint density at radius 1 is 1.11 bits per heavy atom. The lowest BCUT2D eigenvalue weighted by molar-refractivity contribution is 0.0759. The van der Waals surface area contributed by atoms with E-state index >= 15 is 0 Å². The molecule has 108 valence electrons. The largest absolute Gasteiger partial charge is 0.379 e. The van der Waals surface area contributed by atoms with Crippen LogP contribution in [0, 0.1) is 13.8 Å². The molecule has 0 aliphatic heterocycles. The second kappa shape index (κ2) is 8.34. The Morgan fingerprint density at radius 2 is 1.84 bits per heavy atom. The molecule has 1 N–H and O–H groups in total. The minimum absolute atomic E-state index is 0.349. The molecule has 0 aromatic heterocycles. The standard InChI is InChI=1S/C17H29NO/c1-13(2)19-11-7-6-10-18-16(5)17-12-14(3)8-9-15(17)4/h8-9,12-13,16,18H,6-7,10-11H2,1-5H3.